The topological polar surface area (TPSA) is 84.3 Å². The molecule has 0 atom stereocenters. The van der Waals surface area contributed by atoms with Gasteiger partial charge in [-0.05, 0) is 13.8 Å². The van der Waals surface area contributed by atoms with E-state index in [1.54, 1.807) is 13.8 Å². The molecule has 6 nitrogen and oxygen atoms in total. The molecule has 0 unspecified atom stereocenters. The minimum atomic E-state index is -0.831. The summed E-state index contributed by atoms with van der Waals surface area (Å²) in [7, 11) is 1.28. The van der Waals surface area contributed by atoms with Crippen LogP contribution in [0.1, 0.15) is 24.3 Å². The van der Waals surface area contributed by atoms with Gasteiger partial charge in [0.2, 0.25) is 0 Å². The van der Waals surface area contributed by atoms with Crippen LogP contribution in [0.25, 0.3) is 0 Å². The molecule has 0 bridgehead atoms. The number of nitrogens with one attached hydrogen (secondary N) is 1. The van der Waals surface area contributed by atoms with Gasteiger partial charge in [-0.15, -0.1) is 0 Å². The highest BCUT2D eigenvalue weighted by Gasteiger charge is 2.12. The summed E-state index contributed by atoms with van der Waals surface area (Å²) >= 11 is 0. The molecule has 16 heavy (non-hydrogen) atoms. The smallest absolute Gasteiger partial charge is 0.358 e. The van der Waals surface area contributed by atoms with Gasteiger partial charge in [0.25, 0.3) is 0 Å². The number of rotatable bonds is 4. The van der Waals surface area contributed by atoms with Crippen molar-refractivity contribution >= 4 is 11.8 Å². The molecule has 0 amide bonds. The second kappa shape index (κ2) is 4.89. The van der Waals surface area contributed by atoms with Gasteiger partial charge in [0.1, 0.15) is 5.82 Å². The van der Waals surface area contributed by atoms with Crippen LogP contribution in [0.5, 0.6) is 0 Å². The first-order valence-corrected chi connectivity index (χ1v) is 4.79. The number of methoxy groups -OCH3 is 1. The summed E-state index contributed by atoms with van der Waals surface area (Å²) < 4.78 is 4.49. The number of hydrogen-bond acceptors (Lipinski definition) is 6. The predicted octanol–water partition coefficient (Wildman–Crippen LogP) is 0.446. The lowest BCUT2D eigenvalue weighted by molar-refractivity contribution is 0.0593. The Hall–Kier alpha value is -1.69. The third-order valence-corrected chi connectivity index (χ3v) is 1.75. The molecule has 1 rings (SSSR count). The molecule has 0 aliphatic rings. The van der Waals surface area contributed by atoms with Crippen molar-refractivity contribution in [1.82, 2.24) is 9.97 Å². The zero-order chi connectivity index (χ0) is 12.2. The fraction of sp³-hybridized carbons (Fsp3) is 0.500. The second-order valence-corrected chi connectivity index (χ2v) is 3.94. The van der Waals surface area contributed by atoms with Gasteiger partial charge in [-0.2, -0.15) is 0 Å². The molecule has 0 fully saturated rings. The summed E-state index contributed by atoms with van der Waals surface area (Å²) in [6.07, 6.45) is 2.73. The monoisotopic (exact) mass is 225 g/mol. The van der Waals surface area contributed by atoms with Gasteiger partial charge in [-0.3, -0.25) is 0 Å². The Balaban J connectivity index is 2.62. The summed E-state index contributed by atoms with van der Waals surface area (Å²) in [5, 5.41) is 12.4. The number of esters is 1. The summed E-state index contributed by atoms with van der Waals surface area (Å²) in [5.41, 5.74) is -0.681. The number of nitrogens with zero attached hydrogens (tertiary/aromatic N) is 2. The van der Waals surface area contributed by atoms with E-state index in [1.807, 2.05) is 0 Å². The number of hydrogen-bond donors (Lipinski definition) is 2. The molecule has 1 aromatic heterocycles. The fourth-order valence-electron chi connectivity index (χ4n) is 0.936. The standard InChI is InChI=1S/C10H15N3O3/c1-10(2,15)6-13-8-5-11-7(4-12-8)9(14)16-3/h4-5,15H,6H2,1-3H3,(H,12,13). The van der Waals surface area contributed by atoms with E-state index in [9.17, 15) is 9.90 Å². The van der Waals surface area contributed by atoms with Gasteiger partial charge < -0.3 is 15.2 Å². The van der Waals surface area contributed by atoms with E-state index in [4.69, 9.17) is 0 Å². The van der Waals surface area contributed by atoms with Crippen LogP contribution in [0, 0.1) is 0 Å². The molecule has 0 radical (unpaired) electrons. The number of ether oxygens (including phenoxy) is 1. The molecular formula is C10H15N3O3. The molecule has 1 aromatic rings. The average Bonchev–Trinajstić information content (AvgIpc) is 2.25. The van der Waals surface area contributed by atoms with Crippen molar-refractivity contribution < 1.29 is 14.6 Å². The second-order valence-electron chi connectivity index (χ2n) is 3.94. The Labute approximate surface area is 93.7 Å². The fourth-order valence-corrected chi connectivity index (χ4v) is 0.936. The first-order valence-electron chi connectivity index (χ1n) is 4.79. The summed E-state index contributed by atoms with van der Waals surface area (Å²) in [6.45, 7) is 3.70. The molecule has 6 heteroatoms. The number of aromatic nitrogens is 2. The van der Waals surface area contributed by atoms with Gasteiger partial charge in [0, 0.05) is 6.54 Å². The molecule has 1 heterocycles. The Kier molecular flexibility index (Phi) is 3.78. The van der Waals surface area contributed by atoms with Crippen LogP contribution in [-0.4, -0.2) is 40.3 Å². The highest BCUT2D eigenvalue weighted by molar-refractivity contribution is 5.86. The van der Waals surface area contributed by atoms with Crippen LogP contribution < -0.4 is 5.32 Å². The molecule has 88 valence electrons. The highest BCUT2D eigenvalue weighted by atomic mass is 16.5. The van der Waals surface area contributed by atoms with E-state index in [1.165, 1.54) is 19.5 Å². The van der Waals surface area contributed by atoms with E-state index in [0.717, 1.165) is 0 Å². The van der Waals surface area contributed by atoms with E-state index < -0.39 is 11.6 Å². The molecule has 0 spiro atoms. The molecule has 0 aromatic carbocycles. The number of aliphatic hydroxyl groups is 1. The number of anilines is 1. The van der Waals surface area contributed by atoms with E-state index in [2.05, 4.69) is 20.0 Å². The SMILES string of the molecule is COC(=O)c1cnc(NCC(C)(C)O)cn1. The van der Waals surface area contributed by atoms with Crippen LogP contribution >= 0.6 is 0 Å². The van der Waals surface area contributed by atoms with Crippen molar-refractivity contribution in [2.45, 2.75) is 19.4 Å². The summed E-state index contributed by atoms with van der Waals surface area (Å²) in [5.74, 6) is -0.0312. The third kappa shape index (κ3) is 3.82. The Morgan fingerprint density at radius 3 is 2.62 bits per heavy atom. The third-order valence-electron chi connectivity index (χ3n) is 1.75. The quantitative estimate of drug-likeness (QED) is 0.723. The van der Waals surface area contributed by atoms with Gasteiger partial charge in [-0.1, -0.05) is 0 Å². The first kappa shape index (κ1) is 12.4. The average molecular weight is 225 g/mol. The zero-order valence-corrected chi connectivity index (χ0v) is 9.52. The Morgan fingerprint density at radius 1 is 1.50 bits per heavy atom. The van der Waals surface area contributed by atoms with Crippen LogP contribution in [0.15, 0.2) is 12.4 Å². The van der Waals surface area contributed by atoms with Crippen molar-refractivity contribution in [2.75, 3.05) is 19.0 Å². The maximum absolute atomic E-state index is 11.1. The summed E-state index contributed by atoms with van der Waals surface area (Å²) in [4.78, 5) is 18.9. The van der Waals surface area contributed by atoms with Crippen molar-refractivity contribution in [3.63, 3.8) is 0 Å². The van der Waals surface area contributed by atoms with E-state index >= 15 is 0 Å². The highest BCUT2D eigenvalue weighted by Crippen LogP contribution is 2.05. The first-order chi connectivity index (χ1) is 7.42. The largest absolute Gasteiger partial charge is 0.464 e. The van der Waals surface area contributed by atoms with Crippen molar-refractivity contribution in [1.29, 1.82) is 0 Å². The van der Waals surface area contributed by atoms with Gasteiger partial charge in [0.15, 0.2) is 5.69 Å². The number of carbonyl (C=O) groups excluding carboxylic acids is 1. The minimum Gasteiger partial charge on any atom is -0.464 e. The lowest BCUT2D eigenvalue weighted by Crippen LogP contribution is -2.29. The van der Waals surface area contributed by atoms with Gasteiger partial charge in [0.05, 0.1) is 25.1 Å². The molecule has 0 saturated heterocycles. The summed E-state index contributed by atoms with van der Waals surface area (Å²) in [6, 6.07) is 0. The Morgan fingerprint density at radius 2 is 2.19 bits per heavy atom. The van der Waals surface area contributed by atoms with Crippen molar-refractivity contribution in [3.05, 3.63) is 18.1 Å². The maximum atomic E-state index is 11.1. The van der Waals surface area contributed by atoms with Crippen molar-refractivity contribution in [2.24, 2.45) is 0 Å². The van der Waals surface area contributed by atoms with Crippen LogP contribution in [0.3, 0.4) is 0 Å². The van der Waals surface area contributed by atoms with Crippen LogP contribution in [-0.2, 0) is 4.74 Å². The van der Waals surface area contributed by atoms with Gasteiger partial charge in [-0.25, -0.2) is 14.8 Å². The molecule has 0 aliphatic heterocycles. The molecular weight excluding hydrogens is 210 g/mol. The van der Waals surface area contributed by atoms with Crippen molar-refractivity contribution in [3.8, 4) is 0 Å². The lowest BCUT2D eigenvalue weighted by atomic mass is 10.1. The zero-order valence-electron chi connectivity index (χ0n) is 9.52. The Bertz CT molecular complexity index is 357. The predicted molar refractivity (Wildman–Crippen MR) is 58.2 cm³/mol. The van der Waals surface area contributed by atoms with E-state index in [0.29, 0.717) is 12.4 Å². The number of carbonyl (C=O) groups is 1. The maximum Gasteiger partial charge on any atom is 0.358 e. The van der Waals surface area contributed by atoms with Gasteiger partial charge >= 0.3 is 5.97 Å². The van der Waals surface area contributed by atoms with Crippen LogP contribution in [0.2, 0.25) is 0 Å². The minimum absolute atomic E-state index is 0.149. The normalized spacial score (nSPS) is 11.0. The van der Waals surface area contributed by atoms with Crippen LogP contribution in [0.4, 0.5) is 5.82 Å². The van der Waals surface area contributed by atoms with E-state index in [-0.39, 0.29) is 5.69 Å². The lowest BCUT2D eigenvalue weighted by Gasteiger charge is -2.17. The molecule has 2 N–H and O–H groups in total. The molecule has 0 saturated carbocycles. The molecule has 0 aliphatic carbocycles.